The standard InChI is InChI=1S/C14H15ClN2O2/c1-9(18)10-2-3-12-13(6-10)17(14(7-15)16-12)8-11-4-5-19-11/h2-3,6,11H,4-5,7-8H2,1H3. The zero-order chi connectivity index (χ0) is 13.4. The van der Waals surface area contributed by atoms with Gasteiger partial charge in [-0.3, -0.25) is 4.79 Å². The first-order chi connectivity index (χ1) is 9.19. The van der Waals surface area contributed by atoms with Crippen molar-refractivity contribution in [1.29, 1.82) is 0 Å². The number of imidazole rings is 1. The summed E-state index contributed by atoms with van der Waals surface area (Å²) >= 11 is 5.96. The van der Waals surface area contributed by atoms with Crippen LogP contribution >= 0.6 is 11.6 Å². The van der Waals surface area contributed by atoms with E-state index < -0.39 is 0 Å². The summed E-state index contributed by atoms with van der Waals surface area (Å²) < 4.78 is 7.54. The largest absolute Gasteiger partial charge is 0.376 e. The smallest absolute Gasteiger partial charge is 0.159 e. The second-order valence-corrected chi connectivity index (χ2v) is 5.08. The van der Waals surface area contributed by atoms with E-state index in [1.54, 1.807) is 13.0 Å². The molecule has 0 amide bonds. The molecule has 100 valence electrons. The fourth-order valence-electron chi connectivity index (χ4n) is 2.33. The van der Waals surface area contributed by atoms with Gasteiger partial charge in [0.05, 0.1) is 29.6 Å². The Bertz CT molecular complexity index is 632. The maximum atomic E-state index is 11.5. The summed E-state index contributed by atoms with van der Waals surface area (Å²) in [6, 6.07) is 5.57. The number of ether oxygens (including phenoxy) is 1. The molecular formula is C14H15ClN2O2. The molecular weight excluding hydrogens is 264 g/mol. The van der Waals surface area contributed by atoms with Gasteiger partial charge in [-0.2, -0.15) is 0 Å². The molecule has 0 N–H and O–H groups in total. The first kappa shape index (κ1) is 12.6. The van der Waals surface area contributed by atoms with Gasteiger partial charge < -0.3 is 9.30 Å². The highest BCUT2D eigenvalue weighted by Crippen LogP contribution is 2.23. The Hall–Kier alpha value is -1.39. The van der Waals surface area contributed by atoms with Crippen LogP contribution < -0.4 is 0 Å². The quantitative estimate of drug-likeness (QED) is 0.638. The Labute approximate surface area is 116 Å². The second kappa shape index (κ2) is 4.94. The highest BCUT2D eigenvalue weighted by atomic mass is 35.5. The number of Topliss-reactive ketones (excluding diaryl/α,β-unsaturated/α-hetero) is 1. The summed E-state index contributed by atoms with van der Waals surface area (Å²) in [6.07, 6.45) is 1.30. The maximum Gasteiger partial charge on any atom is 0.159 e. The van der Waals surface area contributed by atoms with Crippen molar-refractivity contribution in [2.45, 2.75) is 31.9 Å². The summed E-state index contributed by atoms with van der Waals surface area (Å²) in [4.78, 5) is 16.0. The van der Waals surface area contributed by atoms with E-state index in [0.29, 0.717) is 11.4 Å². The molecule has 1 aliphatic rings. The third kappa shape index (κ3) is 2.26. The molecule has 0 bridgehead atoms. The molecule has 1 aromatic carbocycles. The Morgan fingerprint density at radius 2 is 2.37 bits per heavy atom. The zero-order valence-corrected chi connectivity index (χ0v) is 11.5. The Kier molecular flexibility index (Phi) is 3.29. The number of hydrogen-bond acceptors (Lipinski definition) is 3. The lowest BCUT2D eigenvalue weighted by Crippen LogP contribution is -2.31. The van der Waals surface area contributed by atoms with E-state index in [4.69, 9.17) is 16.3 Å². The fraction of sp³-hybridized carbons (Fsp3) is 0.429. The number of alkyl halides is 1. The molecule has 1 aliphatic heterocycles. The van der Waals surface area contributed by atoms with E-state index >= 15 is 0 Å². The number of benzene rings is 1. The molecule has 1 aromatic heterocycles. The van der Waals surface area contributed by atoms with Crippen molar-refractivity contribution in [2.75, 3.05) is 6.61 Å². The maximum absolute atomic E-state index is 11.5. The molecule has 1 saturated heterocycles. The molecule has 0 spiro atoms. The lowest BCUT2D eigenvalue weighted by atomic mass is 10.1. The number of ketones is 1. The Balaban J connectivity index is 2.08. The molecule has 2 aromatic rings. The highest BCUT2D eigenvalue weighted by molar-refractivity contribution is 6.16. The third-order valence-corrected chi connectivity index (χ3v) is 3.77. The molecule has 3 rings (SSSR count). The summed E-state index contributed by atoms with van der Waals surface area (Å²) in [5, 5.41) is 0. The minimum absolute atomic E-state index is 0.0574. The normalized spacial score (nSPS) is 18.5. The summed E-state index contributed by atoms with van der Waals surface area (Å²) in [5.74, 6) is 1.24. The minimum Gasteiger partial charge on any atom is -0.376 e. The number of fused-ring (bicyclic) bond motifs is 1. The molecule has 1 atom stereocenters. The van der Waals surface area contributed by atoms with Crippen LogP contribution in [-0.2, 0) is 17.2 Å². The predicted octanol–water partition coefficient (Wildman–Crippen LogP) is 2.77. The van der Waals surface area contributed by atoms with Crippen LogP contribution in [0, 0.1) is 0 Å². The van der Waals surface area contributed by atoms with Gasteiger partial charge in [0.2, 0.25) is 0 Å². The first-order valence-corrected chi connectivity index (χ1v) is 6.90. The predicted molar refractivity (Wildman–Crippen MR) is 73.7 cm³/mol. The van der Waals surface area contributed by atoms with Gasteiger partial charge in [0.25, 0.3) is 0 Å². The Morgan fingerprint density at radius 1 is 1.58 bits per heavy atom. The Morgan fingerprint density at radius 3 is 2.95 bits per heavy atom. The van der Waals surface area contributed by atoms with Crippen LogP contribution in [0.1, 0.15) is 29.5 Å². The monoisotopic (exact) mass is 278 g/mol. The van der Waals surface area contributed by atoms with Crippen molar-refractivity contribution in [3.05, 3.63) is 29.6 Å². The van der Waals surface area contributed by atoms with Crippen molar-refractivity contribution in [3.8, 4) is 0 Å². The zero-order valence-electron chi connectivity index (χ0n) is 10.7. The van der Waals surface area contributed by atoms with Gasteiger partial charge in [-0.05, 0) is 31.5 Å². The van der Waals surface area contributed by atoms with Crippen LogP contribution in [0.2, 0.25) is 0 Å². The second-order valence-electron chi connectivity index (χ2n) is 4.81. The van der Waals surface area contributed by atoms with Crippen LogP contribution in [0.4, 0.5) is 0 Å². The number of rotatable bonds is 4. The number of carbonyl (C=O) groups excluding carboxylic acids is 1. The number of carbonyl (C=O) groups is 1. The van der Waals surface area contributed by atoms with Crippen molar-refractivity contribution in [3.63, 3.8) is 0 Å². The minimum atomic E-state index is 0.0574. The number of aromatic nitrogens is 2. The first-order valence-electron chi connectivity index (χ1n) is 6.36. The van der Waals surface area contributed by atoms with Crippen LogP contribution in [0.15, 0.2) is 18.2 Å². The van der Waals surface area contributed by atoms with Crippen molar-refractivity contribution in [2.24, 2.45) is 0 Å². The highest BCUT2D eigenvalue weighted by Gasteiger charge is 2.21. The van der Waals surface area contributed by atoms with E-state index in [9.17, 15) is 4.79 Å². The lowest BCUT2D eigenvalue weighted by Gasteiger charge is -2.27. The van der Waals surface area contributed by atoms with Gasteiger partial charge in [-0.15, -0.1) is 11.6 Å². The molecule has 19 heavy (non-hydrogen) atoms. The van der Waals surface area contributed by atoms with Gasteiger partial charge in [0.15, 0.2) is 5.78 Å². The molecule has 0 aliphatic carbocycles. The van der Waals surface area contributed by atoms with Crippen LogP contribution in [-0.4, -0.2) is 28.0 Å². The number of halogens is 1. The average molecular weight is 279 g/mol. The topological polar surface area (TPSA) is 44.1 Å². The fourth-order valence-corrected chi connectivity index (χ4v) is 2.53. The average Bonchev–Trinajstić information content (AvgIpc) is 2.70. The molecule has 5 heteroatoms. The summed E-state index contributed by atoms with van der Waals surface area (Å²) in [6.45, 7) is 3.14. The van der Waals surface area contributed by atoms with Crippen LogP contribution in [0.25, 0.3) is 11.0 Å². The van der Waals surface area contributed by atoms with Gasteiger partial charge in [-0.1, -0.05) is 0 Å². The molecule has 0 radical (unpaired) electrons. The van der Waals surface area contributed by atoms with E-state index in [-0.39, 0.29) is 11.9 Å². The third-order valence-electron chi connectivity index (χ3n) is 3.53. The van der Waals surface area contributed by atoms with E-state index in [2.05, 4.69) is 9.55 Å². The summed E-state index contributed by atoms with van der Waals surface area (Å²) in [5.41, 5.74) is 2.53. The van der Waals surface area contributed by atoms with Crippen LogP contribution in [0.5, 0.6) is 0 Å². The van der Waals surface area contributed by atoms with Gasteiger partial charge in [0, 0.05) is 12.2 Å². The van der Waals surface area contributed by atoms with Gasteiger partial charge >= 0.3 is 0 Å². The van der Waals surface area contributed by atoms with E-state index in [1.807, 2.05) is 12.1 Å². The molecule has 2 heterocycles. The summed E-state index contributed by atoms with van der Waals surface area (Å²) in [7, 11) is 0. The van der Waals surface area contributed by atoms with Crippen molar-refractivity contribution < 1.29 is 9.53 Å². The van der Waals surface area contributed by atoms with Crippen LogP contribution in [0.3, 0.4) is 0 Å². The SMILES string of the molecule is CC(=O)c1ccc2nc(CCl)n(CC3CCO3)c2c1. The van der Waals surface area contributed by atoms with Crippen molar-refractivity contribution >= 4 is 28.4 Å². The molecule has 0 saturated carbocycles. The van der Waals surface area contributed by atoms with E-state index in [0.717, 1.165) is 36.4 Å². The lowest BCUT2D eigenvalue weighted by molar-refractivity contribution is -0.0589. The van der Waals surface area contributed by atoms with Gasteiger partial charge in [-0.25, -0.2) is 4.98 Å². The van der Waals surface area contributed by atoms with E-state index in [1.165, 1.54) is 0 Å². The van der Waals surface area contributed by atoms with Gasteiger partial charge in [0.1, 0.15) is 5.82 Å². The van der Waals surface area contributed by atoms with Crippen molar-refractivity contribution in [1.82, 2.24) is 9.55 Å². The molecule has 1 fully saturated rings. The number of nitrogens with zero attached hydrogens (tertiary/aromatic N) is 2. The number of hydrogen-bond donors (Lipinski definition) is 0. The molecule has 4 nitrogen and oxygen atoms in total. The molecule has 1 unspecified atom stereocenters.